The van der Waals surface area contributed by atoms with Crippen molar-refractivity contribution in [3.8, 4) is 0 Å². The van der Waals surface area contributed by atoms with Crippen LogP contribution in [0.25, 0.3) is 0 Å². The molecule has 0 N–H and O–H groups in total. The average Bonchev–Trinajstić information content (AvgIpc) is 2.56. The lowest BCUT2D eigenvalue weighted by Gasteiger charge is -2.28. The molecule has 0 aromatic heterocycles. The summed E-state index contributed by atoms with van der Waals surface area (Å²) in [6.07, 6.45) is 7.40. The molecule has 1 atom stereocenters. The fourth-order valence-electron chi connectivity index (χ4n) is 3.36. The Balaban J connectivity index is 1.99. The SMILES string of the molecule is C[C@H]1C[Si](C)(C)CN1C1CCCC1. The first-order valence-corrected chi connectivity index (χ1v) is 9.26. The van der Waals surface area contributed by atoms with Crippen molar-refractivity contribution in [1.82, 2.24) is 4.90 Å². The van der Waals surface area contributed by atoms with E-state index in [0.29, 0.717) is 0 Å². The van der Waals surface area contributed by atoms with Gasteiger partial charge in [-0.25, -0.2) is 0 Å². The van der Waals surface area contributed by atoms with Crippen molar-refractivity contribution in [2.24, 2.45) is 0 Å². The molecule has 76 valence electrons. The molecule has 0 bridgehead atoms. The lowest BCUT2D eigenvalue weighted by molar-refractivity contribution is 0.200. The predicted octanol–water partition coefficient (Wildman–Crippen LogP) is 2.88. The highest BCUT2D eigenvalue weighted by Crippen LogP contribution is 2.33. The van der Waals surface area contributed by atoms with E-state index in [-0.39, 0.29) is 0 Å². The molecule has 13 heavy (non-hydrogen) atoms. The predicted molar refractivity (Wildman–Crippen MR) is 60.7 cm³/mol. The zero-order chi connectivity index (χ0) is 9.47. The zero-order valence-corrected chi connectivity index (χ0v) is 10.3. The van der Waals surface area contributed by atoms with Crippen LogP contribution in [-0.2, 0) is 0 Å². The Morgan fingerprint density at radius 3 is 2.23 bits per heavy atom. The Labute approximate surface area is 83.5 Å². The largest absolute Gasteiger partial charge is 0.301 e. The van der Waals surface area contributed by atoms with Crippen LogP contribution >= 0.6 is 0 Å². The second-order valence-electron chi connectivity index (χ2n) is 5.83. The van der Waals surface area contributed by atoms with E-state index in [2.05, 4.69) is 24.9 Å². The molecule has 0 aromatic rings. The molecule has 0 spiro atoms. The van der Waals surface area contributed by atoms with Gasteiger partial charge in [0, 0.05) is 12.1 Å². The molecule has 1 saturated carbocycles. The van der Waals surface area contributed by atoms with Gasteiger partial charge in [-0.1, -0.05) is 25.9 Å². The van der Waals surface area contributed by atoms with Gasteiger partial charge < -0.3 is 4.90 Å². The van der Waals surface area contributed by atoms with Gasteiger partial charge in [-0.2, -0.15) is 0 Å². The number of nitrogens with zero attached hydrogens (tertiary/aromatic N) is 1. The van der Waals surface area contributed by atoms with Crippen molar-refractivity contribution in [2.45, 2.75) is 63.8 Å². The number of hydrogen-bond acceptors (Lipinski definition) is 1. The quantitative estimate of drug-likeness (QED) is 0.584. The summed E-state index contributed by atoms with van der Waals surface area (Å²) in [5, 5.41) is 0. The van der Waals surface area contributed by atoms with Gasteiger partial charge in [-0.15, -0.1) is 0 Å². The smallest absolute Gasteiger partial charge is 0.0645 e. The van der Waals surface area contributed by atoms with E-state index in [0.717, 1.165) is 12.1 Å². The maximum atomic E-state index is 2.83. The van der Waals surface area contributed by atoms with Gasteiger partial charge in [-0.3, -0.25) is 0 Å². The van der Waals surface area contributed by atoms with E-state index in [4.69, 9.17) is 0 Å². The summed E-state index contributed by atoms with van der Waals surface area (Å²) in [6, 6.07) is 3.39. The van der Waals surface area contributed by atoms with E-state index >= 15 is 0 Å². The van der Waals surface area contributed by atoms with E-state index in [1.54, 1.807) is 0 Å². The van der Waals surface area contributed by atoms with Crippen LogP contribution in [0.2, 0.25) is 19.1 Å². The van der Waals surface area contributed by atoms with Crippen molar-refractivity contribution in [1.29, 1.82) is 0 Å². The van der Waals surface area contributed by atoms with Gasteiger partial charge in [0.25, 0.3) is 0 Å². The third-order valence-electron chi connectivity index (χ3n) is 3.82. The normalized spacial score (nSPS) is 35.8. The molecule has 2 rings (SSSR count). The first kappa shape index (κ1) is 9.72. The van der Waals surface area contributed by atoms with E-state index in [1.165, 1.54) is 37.9 Å². The summed E-state index contributed by atoms with van der Waals surface area (Å²) in [5.41, 5.74) is 0. The summed E-state index contributed by atoms with van der Waals surface area (Å²) in [6.45, 7) is 7.55. The molecule has 0 amide bonds. The second-order valence-corrected chi connectivity index (χ2v) is 10.9. The van der Waals surface area contributed by atoms with Crippen molar-refractivity contribution in [3.63, 3.8) is 0 Å². The molecular formula is C11H23NSi. The fraction of sp³-hybridized carbons (Fsp3) is 1.00. The number of rotatable bonds is 1. The third kappa shape index (κ3) is 1.99. The van der Waals surface area contributed by atoms with Crippen molar-refractivity contribution in [3.05, 3.63) is 0 Å². The first-order valence-electron chi connectivity index (χ1n) is 5.84. The molecule has 1 heterocycles. The minimum absolute atomic E-state index is 0.808. The van der Waals surface area contributed by atoms with E-state index in [9.17, 15) is 0 Å². The topological polar surface area (TPSA) is 3.24 Å². The Kier molecular flexibility index (Phi) is 2.54. The molecule has 1 aliphatic heterocycles. The van der Waals surface area contributed by atoms with Crippen LogP contribution in [0.3, 0.4) is 0 Å². The average molecular weight is 197 g/mol. The number of hydrogen-bond donors (Lipinski definition) is 0. The second kappa shape index (κ2) is 3.39. The molecule has 2 heteroatoms. The summed E-state index contributed by atoms with van der Waals surface area (Å²) >= 11 is 0. The molecule has 0 radical (unpaired) electrons. The van der Waals surface area contributed by atoms with Crippen LogP contribution < -0.4 is 0 Å². The molecule has 2 aliphatic rings. The lowest BCUT2D eigenvalue weighted by atomic mass is 10.2. The maximum absolute atomic E-state index is 2.83. The Morgan fingerprint density at radius 2 is 1.77 bits per heavy atom. The van der Waals surface area contributed by atoms with Gasteiger partial charge in [0.15, 0.2) is 0 Å². The van der Waals surface area contributed by atoms with Crippen molar-refractivity contribution in [2.75, 3.05) is 6.17 Å². The lowest BCUT2D eigenvalue weighted by Crippen LogP contribution is -2.38. The summed E-state index contributed by atoms with van der Waals surface area (Å²) in [4.78, 5) is 2.83. The molecule has 1 aliphatic carbocycles. The van der Waals surface area contributed by atoms with E-state index in [1.807, 2.05) is 0 Å². The fourth-order valence-corrected chi connectivity index (χ4v) is 6.88. The standard InChI is InChI=1S/C11H23NSi/c1-10-8-13(2,3)9-12(10)11-6-4-5-7-11/h10-11H,4-9H2,1-3H3/t10-/m0/s1. The van der Waals surface area contributed by atoms with Crippen LogP contribution in [0.5, 0.6) is 0 Å². The van der Waals surface area contributed by atoms with Crippen LogP contribution in [0.4, 0.5) is 0 Å². The molecule has 1 nitrogen and oxygen atoms in total. The van der Waals surface area contributed by atoms with Gasteiger partial charge in [0.05, 0.1) is 8.07 Å². The van der Waals surface area contributed by atoms with Crippen molar-refractivity contribution >= 4 is 8.07 Å². The molecule has 0 unspecified atom stereocenters. The van der Waals surface area contributed by atoms with Gasteiger partial charge >= 0.3 is 0 Å². The molecule has 0 aromatic carbocycles. The summed E-state index contributed by atoms with van der Waals surface area (Å²) < 4.78 is 0. The Hall–Kier alpha value is 0.177. The van der Waals surface area contributed by atoms with Crippen LogP contribution in [0.1, 0.15) is 32.6 Å². The molecular weight excluding hydrogens is 174 g/mol. The minimum atomic E-state index is -0.808. The maximum Gasteiger partial charge on any atom is 0.0645 e. The third-order valence-corrected chi connectivity index (χ3v) is 6.74. The summed E-state index contributed by atoms with van der Waals surface area (Å²) in [5.74, 6) is 0. The zero-order valence-electron chi connectivity index (χ0n) is 9.34. The van der Waals surface area contributed by atoms with Crippen LogP contribution in [0.15, 0.2) is 0 Å². The highest BCUT2D eigenvalue weighted by atomic mass is 28.3. The van der Waals surface area contributed by atoms with Crippen LogP contribution in [0, 0.1) is 0 Å². The van der Waals surface area contributed by atoms with Gasteiger partial charge in [0.2, 0.25) is 0 Å². The van der Waals surface area contributed by atoms with Crippen molar-refractivity contribution < 1.29 is 0 Å². The van der Waals surface area contributed by atoms with Gasteiger partial charge in [-0.05, 0) is 32.0 Å². The van der Waals surface area contributed by atoms with Crippen LogP contribution in [-0.4, -0.2) is 31.2 Å². The first-order chi connectivity index (χ1) is 6.08. The summed E-state index contributed by atoms with van der Waals surface area (Å²) in [7, 11) is -0.808. The highest BCUT2D eigenvalue weighted by molar-refractivity contribution is 6.78. The van der Waals surface area contributed by atoms with Gasteiger partial charge in [0.1, 0.15) is 0 Å². The minimum Gasteiger partial charge on any atom is -0.301 e. The Morgan fingerprint density at radius 1 is 1.15 bits per heavy atom. The highest BCUT2D eigenvalue weighted by Gasteiger charge is 2.40. The van der Waals surface area contributed by atoms with E-state index < -0.39 is 8.07 Å². The monoisotopic (exact) mass is 197 g/mol. The molecule has 1 saturated heterocycles. The molecule has 2 fully saturated rings. The Bertz CT molecular complexity index is 185.